The van der Waals surface area contributed by atoms with E-state index >= 15 is 0 Å². The van der Waals surface area contributed by atoms with E-state index in [-0.39, 0.29) is 5.41 Å². The molecule has 0 bridgehead atoms. The van der Waals surface area contributed by atoms with Crippen molar-refractivity contribution in [3.63, 3.8) is 0 Å². The number of rotatable bonds is 4. The molecular formula is C17H20N2. The molecule has 1 aliphatic carbocycles. The van der Waals surface area contributed by atoms with Crippen molar-refractivity contribution in [2.24, 2.45) is 0 Å². The van der Waals surface area contributed by atoms with Gasteiger partial charge in [-0.25, -0.2) is 0 Å². The second-order valence-electron chi connectivity index (χ2n) is 5.57. The highest BCUT2D eigenvalue weighted by Crippen LogP contribution is 2.52. The number of nitrogens with zero attached hydrogens (tertiary/aromatic N) is 1. The lowest BCUT2D eigenvalue weighted by Gasteiger charge is -2.48. The topological polar surface area (TPSA) is 24.9 Å². The number of benzene rings is 1. The molecule has 1 aromatic carbocycles. The van der Waals surface area contributed by atoms with Crippen LogP contribution in [0, 0.1) is 0 Å². The van der Waals surface area contributed by atoms with E-state index in [1.165, 1.54) is 24.0 Å². The van der Waals surface area contributed by atoms with Gasteiger partial charge in [-0.2, -0.15) is 0 Å². The van der Waals surface area contributed by atoms with Crippen molar-refractivity contribution in [2.75, 3.05) is 13.6 Å². The second-order valence-corrected chi connectivity index (χ2v) is 5.57. The van der Waals surface area contributed by atoms with Gasteiger partial charge in [0.15, 0.2) is 0 Å². The Balaban J connectivity index is 1.80. The van der Waals surface area contributed by atoms with Crippen molar-refractivity contribution < 1.29 is 0 Å². The zero-order valence-electron chi connectivity index (χ0n) is 11.3. The van der Waals surface area contributed by atoms with Crippen LogP contribution in [-0.4, -0.2) is 18.6 Å². The molecule has 0 radical (unpaired) electrons. The van der Waals surface area contributed by atoms with E-state index in [1.54, 1.807) is 0 Å². The van der Waals surface area contributed by atoms with Crippen molar-refractivity contribution in [3.05, 3.63) is 66.0 Å². The molecule has 2 aromatic rings. The molecule has 1 saturated carbocycles. The lowest BCUT2D eigenvalue weighted by atomic mass is 9.57. The molecule has 2 nitrogen and oxygen atoms in total. The van der Waals surface area contributed by atoms with Gasteiger partial charge in [0.25, 0.3) is 0 Å². The van der Waals surface area contributed by atoms with Crippen molar-refractivity contribution in [3.8, 4) is 0 Å². The maximum absolute atomic E-state index is 4.28. The van der Waals surface area contributed by atoms with E-state index in [0.29, 0.717) is 5.92 Å². The summed E-state index contributed by atoms with van der Waals surface area (Å²) in [6.07, 6.45) is 6.30. The summed E-state index contributed by atoms with van der Waals surface area (Å²) in [5, 5.41) is 3.35. The molecule has 19 heavy (non-hydrogen) atoms. The molecule has 0 amide bonds. The zero-order valence-corrected chi connectivity index (χ0v) is 11.3. The van der Waals surface area contributed by atoms with Crippen LogP contribution in [0.3, 0.4) is 0 Å². The second kappa shape index (κ2) is 5.14. The summed E-state index contributed by atoms with van der Waals surface area (Å²) < 4.78 is 0. The van der Waals surface area contributed by atoms with Crippen molar-refractivity contribution in [1.29, 1.82) is 0 Å². The average Bonchev–Trinajstić information content (AvgIpc) is 2.44. The lowest BCUT2D eigenvalue weighted by Crippen LogP contribution is -2.47. The van der Waals surface area contributed by atoms with Crippen LogP contribution < -0.4 is 5.32 Å². The minimum absolute atomic E-state index is 0.267. The van der Waals surface area contributed by atoms with Crippen LogP contribution in [0.4, 0.5) is 0 Å². The Hall–Kier alpha value is -1.67. The van der Waals surface area contributed by atoms with Gasteiger partial charge in [0.2, 0.25) is 0 Å². The molecule has 1 N–H and O–H groups in total. The SMILES string of the molecule is CNCC1(c2cccnc2)CC(c2ccccc2)C1. The molecule has 98 valence electrons. The van der Waals surface area contributed by atoms with Gasteiger partial charge < -0.3 is 5.32 Å². The quantitative estimate of drug-likeness (QED) is 0.904. The molecule has 0 spiro atoms. The van der Waals surface area contributed by atoms with Gasteiger partial charge >= 0.3 is 0 Å². The number of hydrogen-bond donors (Lipinski definition) is 1. The van der Waals surface area contributed by atoms with Crippen LogP contribution in [0.2, 0.25) is 0 Å². The zero-order chi connectivity index (χ0) is 13.1. The lowest BCUT2D eigenvalue weighted by molar-refractivity contribution is 0.197. The summed E-state index contributed by atoms with van der Waals surface area (Å²) in [4.78, 5) is 4.28. The van der Waals surface area contributed by atoms with Crippen LogP contribution >= 0.6 is 0 Å². The first-order chi connectivity index (χ1) is 9.34. The molecule has 0 unspecified atom stereocenters. The first-order valence-electron chi connectivity index (χ1n) is 6.94. The molecule has 2 heteroatoms. The predicted octanol–water partition coefficient (Wildman–Crippen LogP) is 3.12. The Morgan fingerprint density at radius 1 is 1.16 bits per heavy atom. The number of hydrogen-bond acceptors (Lipinski definition) is 2. The molecule has 1 aliphatic rings. The maximum atomic E-state index is 4.28. The fourth-order valence-electron chi connectivity index (χ4n) is 3.34. The third kappa shape index (κ3) is 2.28. The van der Waals surface area contributed by atoms with Gasteiger partial charge in [-0.3, -0.25) is 4.98 Å². The van der Waals surface area contributed by atoms with E-state index in [2.05, 4.69) is 46.7 Å². The summed E-state index contributed by atoms with van der Waals surface area (Å²) in [5.41, 5.74) is 3.11. The van der Waals surface area contributed by atoms with Gasteiger partial charge in [-0.15, -0.1) is 0 Å². The summed E-state index contributed by atoms with van der Waals surface area (Å²) in [7, 11) is 2.04. The van der Waals surface area contributed by atoms with E-state index in [9.17, 15) is 0 Å². The van der Waals surface area contributed by atoms with Gasteiger partial charge in [-0.1, -0.05) is 36.4 Å². The highest BCUT2D eigenvalue weighted by Gasteiger charge is 2.45. The number of likely N-dealkylation sites (N-methyl/N-ethyl adjacent to an activating group) is 1. The normalized spacial score (nSPS) is 25.8. The van der Waals surface area contributed by atoms with Gasteiger partial charge in [-0.05, 0) is 43.0 Å². The maximum Gasteiger partial charge on any atom is 0.0306 e. The van der Waals surface area contributed by atoms with Crippen LogP contribution in [-0.2, 0) is 5.41 Å². The van der Waals surface area contributed by atoms with Gasteiger partial charge in [0, 0.05) is 24.4 Å². The third-order valence-electron chi connectivity index (χ3n) is 4.33. The smallest absolute Gasteiger partial charge is 0.0306 e. The van der Waals surface area contributed by atoms with Gasteiger partial charge in [0.1, 0.15) is 0 Å². The number of aromatic nitrogens is 1. The summed E-state index contributed by atoms with van der Waals surface area (Å²) in [6, 6.07) is 15.1. The summed E-state index contributed by atoms with van der Waals surface area (Å²) >= 11 is 0. The fourth-order valence-corrected chi connectivity index (χ4v) is 3.34. The molecule has 1 fully saturated rings. The third-order valence-corrected chi connectivity index (χ3v) is 4.33. The van der Waals surface area contributed by atoms with E-state index in [0.717, 1.165) is 6.54 Å². The molecule has 1 heterocycles. The monoisotopic (exact) mass is 252 g/mol. The Bertz CT molecular complexity index is 515. The Morgan fingerprint density at radius 3 is 2.58 bits per heavy atom. The van der Waals surface area contributed by atoms with Crippen molar-refractivity contribution in [1.82, 2.24) is 10.3 Å². The largest absolute Gasteiger partial charge is 0.319 e. The predicted molar refractivity (Wildman–Crippen MR) is 78.3 cm³/mol. The first kappa shape index (κ1) is 12.4. The number of pyridine rings is 1. The van der Waals surface area contributed by atoms with Crippen LogP contribution in [0.15, 0.2) is 54.9 Å². The van der Waals surface area contributed by atoms with Crippen LogP contribution in [0.25, 0.3) is 0 Å². The van der Waals surface area contributed by atoms with Crippen molar-refractivity contribution >= 4 is 0 Å². The molecular weight excluding hydrogens is 232 g/mol. The molecule has 0 atom stereocenters. The van der Waals surface area contributed by atoms with Crippen molar-refractivity contribution in [2.45, 2.75) is 24.2 Å². The highest BCUT2D eigenvalue weighted by molar-refractivity contribution is 5.33. The minimum Gasteiger partial charge on any atom is -0.319 e. The van der Waals surface area contributed by atoms with E-state index in [4.69, 9.17) is 0 Å². The first-order valence-corrected chi connectivity index (χ1v) is 6.94. The van der Waals surface area contributed by atoms with Gasteiger partial charge in [0.05, 0.1) is 0 Å². The highest BCUT2D eigenvalue weighted by atomic mass is 14.8. The minimum atomic E-state index is 0.267. The molecule has 1 aromatic heterocycles. The fraction of sp³-hybridized carbons (Fsp3) is 0.353. The standard InChI is InChI=1S/C17H20N2/c1-18-13-17(16-8-5-9-19-12-16)10-15(11-17)14-6-3-2-4-7-14/h2-9,12,15,18H,10-11,13H2,1H3. The molecule has 0 aliphatic heterocycles. The Morgan fingerprint density at radius 2 is 1.95 bits per heavy atom. The van der Waals surface area contributed by atoms with Crippen LogP contribution in [0.1, 0.15) is 29.9 Å². The molecule has 0 saturated heterocycles. The Labute approximate surface area is 114 Å². The Kier molecular flexibility index (Phi) is 3.34. The van der Waals surface area contributed by atoms with E-state index < -0.39 is 0 Å². The summed E-state index contributed by atoms with van der Waals surface area (Å²) in [5.74, 6) is 0.690. The number of nitrogens with one attached hydrogen (secondary N) is 1. The summed E-state index contributed by atoms with van der Waals surface area (Å²) in [6.45, 7) is 1.03. The van der Waals surface area contributed by atoms with Crippen LogP contribution in [0.5, 0.6) is 0 Å². The molecule has 3 rings (SSSR count). The average molecular weight is 252 g/mol. The van der Waals surface area contributed by atoms with E-state index in [1.807, 2.05) is 25.5 Å².